The Labute approximate surface area is 147 Å². The Morgan fingerprint density at radius 3 is 2.64 bits per heavy atom. The molecule has 0 aliphatic heterocycles. The first-order valence-corrected chi connectivity index (χ1v) is 9.97. The van der Waals surface area contributed by atoms with Gasteiger partial charge < -0.3 is 5.11 Å². The van der Waals surface area contributed by atoms with Crippen LogP contribution < -0.4 is 4.72 Å². The van der Waals surface area contributed by atoms with Crippen molar-refractivity contribution in [2.75, 3.05) is 13.1 Å². The van der Waals surface area contributed by atoms with Gasteiger partial charge in [0, 0.05) is 18.6 Å². The minimum atomic E-state index is -3.78. The topological polar surface area (TPSA) is 86.7 Å². The molecule has 3 rings (SSSR count). The number of halogens is 1. The summed E-state index contributed by atoms with van der Waals surface area (Å²) in [6.07, 6.45) is 3.43. The molecule has 0 saturated heterocycles. The molecule has 2 aliphatic carbocycles. The lowest BCUT2D eigenvalue weighted by Gasteiger charge is -2.42. The summed E-state index contributed by atoms with van der Waals surface area (Å²) in [5, 5.41) is 9.05. The standard InChI is InChI=1S/C17H23FN2O4S/c1-11-2-5-13(18)6-16(11)25(23,24)19-14-7-15(8-14)20(10-17(21)22)9-12-3-4-12/h2,5-6,12,14-15,19H,3-4,7-10H2,1H3,(H,21,22). The third-order valence-corrected chi connectivity index (χ3v) is 6.58. The minimum absolute atomic E-state index is 0.0103. The van der Waals surface area contributed by atoms with Crippen LogP contribution in [-0.2, 0) is 14.8 Å². The number of hydrogen-bond acceptors (Lipinski definition) is 4. The highest BCUT2D eigenvalue weighted by Crippen LogP contribution is 2.34. The van der Waals surface area contributed by atoms with Crippen LogP contribution in [0.4, 0.5) is 4.39 Å². The van der Waals surface area contributed by atoms with Crippen LogP contribution in [-0.4, -0.2) is 49.6 Å². The van der Waals surface area contributed by atoms with E-state index < -0.39 is 21.8 Å². The third kappa shape index (κ3) is 4.56. The fourth-order valence-corrected chi connectivity index (χ4v) is 4.79. The first-order chi connectivity index (χ1) is 11.7. The van der Waals surface area contributed by atoms with E-state index in [1.165, 1.54) is 12.1 Å². The highest BCUT2D eigenvalue weighted by Gasteiger charge is 2.39. The normalized spacial score (nSPS) is 23.5. The van der Waals surface area contributed by atoms with Crippen LogP contribution >= 0.6 is 0 Å². The number of nitrogens with one attached hydrogen (secondary N) is 1. The van der Waals surface area contributed by atoms with Crippen LogP contribution in [0.3, 0.4) is 0 Å². The number of aliphatic carboxylic acids is 1. The Hall–Kier alpha value is -1.51. The van der Waals surface area contributed by atoms with Gasteiger partial charge in [0.15, 0.2) is 0 Å². The maximum atomic E-state index is 13.4. The average Bonchev–Trinajstić information content (AvgIpc) is 3.28. The summed E-state index contributed by atoms with van der Waals surface area (Å²) in [5.41, 5.74) is 0.492. The number of carbonyl (C=O) groups is 1. The van der Waals surface area contributed by atoms with Crippen LogP contribution in [0.2, 0.25) is 0 Å². The van der Waals surface area contributed by atoms with E-state index in [-0.39, 0.29) is 23.5 Å². The molecule has 0 radical (unpaired) electrons. The second-order valence-electron chi connectivity index (χ2n) is 7.12. The Kier molecular flexibility index (Phi) is 5.13. The number of sulfonamides is 1. The molecule has 2 aliphatic rings. The van der Waals surface area contributed by atoms with E-state index in [0.29, 0.717) is 24.3 Å². The highest BCUT2D eigenvalue weighted by molar-refractivity contribution is 7.89. The Balaban J connectivity index is 1.60. The summed E-state index contributed by atoms with van der Waals surface area (Å²) < 4.78 is 40.9. The molecule has 6 nitrogen and oxygen atoms in total. The molecule has 0 amide bonds. The number of aryl methyl sites for hydroxylation is 1. The Morgan fingerprint density at radius 1 is 1.36 bits per heavy atom. The number of benzene rings is 1. The zero-order valence-corrected chi connectivity index (χ0v) is 14.9. The van der Waals surface area contributed by atoms with Gasteiger partial charge in [-0.25, -0.2) is 17.5 Å². The van der Waals surface area contributed by atoms with Crippen LogP contribution in [0, 0.1) is 18.7 Å². The van der Waals surface area contributed by atoms with Gasteiger partial charge in [-0.2, -0.15) is 0 Å². The van der Waals surface area contributed by atoms with Gasteiger partial charge in [0.1, 0.15) is 5.82 Å². The van der Waals surface area contributed by atoms with E-state index in [0.717, 1.165) is 25.5 Å². The molecule has 138 valence electrons. The van der Waals surface area contributed by atoms with Gasteiger partial charge in [0.25, 0.3) is 0 Å². The number of rotatable bonds is 8. The molecule has 1 aromatic rings. The van der Waals surface area contributed by atoms with Crippen molar-refractivity contribution in [1.82, 2.24) is 9.62 Å². The molecule has 2 saturated carbocycles. The van der Waals surface area contributed by atoms with Gasteiger partial charge in [0.2, 0.25) is 10.0 Å². The predicted molar refractivity (Wildman–Crippen MR) is 90.2 cm³/mol. The lowest BCUT2D eigenvalue weighted by Crippen LogP contribution is -2.55. The maximum absolute atomic E-state index is 13.4. The second-order valence-corrected chi connectivity index (χ2v) is 8.80. The van der Waals surface area contributed by atoms with Crippen molar-refractivity contribution in [3.63, 3.8) is 0 Å². The monoisotopic (exact) mass is 370 g/mol. The van der Waals surface area contributed by atoms with Gasteiger partial charge in [0.05, 0.1) is 11.4 Å². The summed E-state index contributed by atoms with van der Waals surface area (Å²) in [6.45, 7) is 2.38. The second kappa shape index (κ2) is 7.01. The molecular weight excluding hydrogens is 347 g/mol. The molecule has 0 spiro atoms. The van der Waals surface area contributed by atoms with Crippen molar-refractivity contribution in [3.8, 4) is 0 Å². The molecule has 2 N–H and O–H groups in total. The van der Waals surface area contributed by atoms with Crippen molar-refractivity contribution in [3.05, 3.63) is 29.6 Å². The van der Waals surface area contributed by atoms with E-state index in [9.17, 15) is 17.6 Å². The van der Waals surface area contributed by atoms with Gasteiger partial charge in [-0.05, 0) is 56.2 Å². The largest absolute Gasteiger partial charge is 0.480 e. The van der Waals surface area contributed by atoms with Crippen LogP contribution in [0.1, 0.15) is 31.2 Å². The summed E-state index contributed by atoms with van der Waals surface area (Å²) >= 11 is 0. The lowest BCUT2D eigenvalue weighted by molar-refractivity contribution is -0.139. The van der Waals surface area contributed by atoms with E-state index in [4.69, 9.17) is 5.11 Å². The molecule has 2 fully saturated rings. The number of carboxylic acids is 1. The molecule has 0 unspecified atom stereocenters. The molecule has 25 heavy (non-hydrogen) atoms. The van der Waals surface area contributed by atoms with Gasteiger partial charge >= 0.3 is 5.97 Å². The smallest absolute Gasteiger partial charge is 0.317 e. The molecule has 1 aromatic carbocycles. The zero-order chi connectivity index (χ0) is 18.2. The van der Waals surface area contributed by atoms with Crippen molar-refractivity contribution in [2.24, 2.45) is 5.92 Å². The minimum Gasteiger partial charge on any atom is -0.480 e. The molecule has 0 heterocycles. The van der Waals surface area contributed by atoms with Gasteiger partial charge in [-0.3, -0.25) is 9.69 Å². The molecular formula is C17H23FN2O4S. The third-order valence-electron chi connectivity index (χ3n) is 4.92. The van der Waals surface area contributed by atoms with Crippen LogP contribution in [0.15, 0.2) is 23.1 Å². The first kappa shape index (κ1) is 18.3. The number of carboxylic acid groups (broad SMARTS) is 1. The summed E-state index contributed by atoms with van der Waals surface area (Å²) in [7, 11) is -3.78. The van der Waals surface area contributed by atoms with Crippen molar-refractivity contribution < 1.29 is 22.7 Å². The highest BCUT2D eigenvalue weighted by atomic mass is 32.2. The zero-order valence-electron chi connectivity index (χ0n) is 14.1. The SMILES string of the molecule is Cc1ccc(F)cc1S(=O)(=O)NC1CC(N(CC(=O)O)CC2CC2)C1. The Bertz CT molecular complexity index is 758. The summed E-state index contributed by atoms with van der Waals surface area (Å²) in [6, 6.07) is 3.54. The quantitative estimate of drug-likeness (QED) is 0.728. The van der Waals surface area contributed by atoms with Crippen LogP contribution in [0.25, 0.3) is 0 Å². The fraction of sp³-hybridized carbons (Fsp3) is 0.588. The van der Waals surface area contributed by atoms with Crippen molar-refractivity contribution in [1.29, 1.82) is 0 Å². The Morgan fingerprint density at radius 2 is 2.04 bits per heavy atom. The van der Waals surface area contributed by atoms with Crippen molar-refractivity contribution in [2.45, 2.75) is 49.6 Å². The molecule has 0 bridgehead atoms. The van der Waals surface area contributed by atoms with E-state index in [1.807, 2.05) is 4.90 Å². The van der Waals surface area contributed by atoms with Crippen LogP contribution in [0.5, 0.6) is 0 Å². The predicted octanol–water partition coefficient (Wildman–Crippen LogP) is 1.74. The first-order valence-electron chi connectivity index (χ1n) is 8.49. The van der Waals surface area contributed by atoms with E-state index in [2.05, 4.69) is 4.72 Å². The maximum Gasteiger partial charge on any atom is 0.317 e. The summed E-state index contributed by atoms with van der Waals surface area (Å²) in [5.74, 6) is -0.875. The average molecular weight is 370 g/mol. The number of nitrogens with zero attached hydrogens (tertiary/aromatic N) is 1. The van der Waals surface area contributed by atoms with Gasteiger partial charge in [-0.1, -0.05) is 6.07 Å². The number of hydrogen-bond donors (Lipinski definition) is 2. The van der Waals surface area contributed by atoms with E-state index >= 15 is 0 Å². The molecule has 0 aromatic heterocycles. The lowest BCUT2D eigenvalue weighted by atomic mass is 9.86. The van der Waals surface area contributed by atoms with Crippen molar-refractivity contribution >= 4 is 16.0 Å². The molecule has 0 atom stereocenters. The summed E-state index contributed by atoms with van der Waals surface area (Å²) in [4.78, 5) is 12.9. The van der Waals surface area contributed by atoms with Gasteiger partial charge in [-0.15, -0.1) is 0 Å². The van der Waals surface area contributed by atoms with E-state index in [1.54, 1.807) is 6.92 Å². The molecule has 8 heteroatoms. The fourth-order valence-electron chi connectivity index (χ4n) is 3.28.